The van der Waals surface area contributed by atoms with E-state index >= 15 is 0 Å². The van der Waals surface area contributed by atoms with Crippen LogP contribution in [0.1, 0.15) is 52.7 Å². The van der Waals surface area contributed by atoms with E-state index < -0.39 is 23.7 Å². The summed E-state index contributed by atoms with van der Waals surface area (Å²) in [7, 11) is 0. The van der Waals surface area contributed by atoms with Crippen LogP contribution < -0.4 is 5.32 Å². The highest BCUT2D eigenvalue weighted by Gasteiger charge is 2.25. The van der Waals surface area contributed by atoms with E-state index in [4.69, 9.17) is 4.74 Å². The van der Waals surface area contributed by atoms with Gasteiger partial charge in [-0.1, -0.05) is 32.9 Å². The largest absolute Gasteiger partial charge is 0.508 e. The molecule has 6 nitrogen and oxygen atoms in total. The lowest BCUT2D eigenvalue weighted by molar-refractivity contribution is -0.139. The summed E-state index contributed by atoms with van der Waals surface area (Å²) < 4.78 is 5.10. The number of rotatable bonds is 4. The van der Waals surface area contributed by atoms with E-state index in [2.05, 4.69) is 5.32 Å². The lowest BCUT2D eigenvalue weighted by atomic mass is 9.85. The van der Waals surface area contributed by atoms with Crippen molar-refractivity contribution in [3.05, 3.63) is 29.3 Å². The van der Waals surface area contributed by atoms with Gasteiger partial charge in [-0.05, 0) is 43.4 Å². The first-order chi connectivity index (χ1) is 10.8. The lowest BCUT2D eigenvalue weighted by Crippen LogP contribution is -2.44. The van der Waals surface area contributed by atoms with E-state index in [-0.39, 0.29) is 17.6 Å². The number of aromatic hydroxyl groups is 1. The van der Waals surface area contributed by atoms with Crippen LogP contribution in [0, 0.1) is 0 Å². The summed E-state index contributed by atoms with van der Waals surface area (Å²) in [5.74, 6) is -0.982. The molecule has 0 aliphatic heterocycles. The number of nitrogens with one attached hydrogen (secondary N) is 1. The number of hydrogen-bond donors (Lipinski definition) is 3. The maximum absolute atomic E-state index is 11.8. The summed E-state index contributed by atoms with van der Waals surface area (Å²) in [4.78, 5) is 23.2. The molecule has 0 bridgehead atoms. The molecule has 1 amide bonds. The standard InChI is InChI=1S/C18H27NO5/c1-17(2,3)12-9-11(7-8-14(12)20)10-13(15(21)22)19-16(23)24-18(4,5)6/h7-9,13,20H,10H2,1-6H3,(H,19,23)(H,21,22)/t13-/m0/s1. The average Bonchev–Trinajstić information content (AvgIpc) is 2.36. The monoisotopic (exact) mass is 337 g/mol. The van der Waals surface area contributed by atoms with E-state index in [1.807, 2.05) is 20.8 Å². The molecule has 0 aromatic heterocycles. The zero-order chi connectivity index (χ0) is 18.7. The van der Waals surface area contributed by atoms with Gasteiger partial charge in [0.2, 0.25) is 0 Å². The molecule has 0 unspecified atom stereocenters. The predicted molar refractivity (Wildman–Crippen MR) is 91.3 cm³/mol. The van der Waals surface area contributed by atoms with Gasteiger partial charge in [-0.2, -0.15) is 0 Å². The summed E-state index contributed by atoms with van der Waals surface area (Å²) in [6, 6.07) is 3.85. The molecule has 1 aromatic rings. The highest BCUT2D eigenvalue weighted by atomic mass is 16.6. The average molecular weight is 337 g/mol. The van der Waals surface area contributed by atoms with Crippen molar-refractivity contribution in [2.75, 3.05) is 0 Å². The molecule has 0 aliphatic carbocycles. The number of carboxylic acids is 1. The number of aliphatic carboxylic acids is 1. The molecule has 0 radical (unpaired) electrons. The van der Waals surface area contributed by atoms with Gasteiger partial charge in [0, 0.05) is 6.42 Å². The molecule has 134 valence electrons. The molecular formula is C18H27NO5. The van der Waals surface area contributed by atoms with E-state index in [0.717, 1.165) is 5.56 Å². The molecule has 1 aromatic carbocycles. The van der Waals surface area contributed by atoms with Gasteiger partial charge in [0.1, 0.15) is 17.4 Å². The van der Waals surface area contributed by atoms with Crippen LogP contribution in [-0.4, -0.2) is 33.9 Å². The molecule has 0 fully saturated rings. The van der Waals surface area contributed by atoms with Crippen molar-refractivity contribution in [2.24, 2.45) is 0 Å². The highest BCUT2D eigenvalue weighted by Crippen LogP contribution is 2.31. The van der Waals surface area contributed by atoms with Crippen LogP contribution in [0.25, 0.3) is 0 Å². The van der Waals surface area contributed by atoms with Crippen molar-refractivity contribution in [3.8, 4) is 5.75 Å². The third-order valence-electron chi connectivity index (χ3n) is 3.30. The van der Waals surface area contributed by atoms with Crippen molar-refractivity contribution in [2.45, 2.75) is 65.0 Å². The number of carbonyl (C=O) groups excluding carboxylic acids is 1. The Hall–Kier alpha value is -2.24. The van der Waals surface area contributed by atoms with E-state index in [0.29, 0.717) is 5.56 Å². The summed E-state index contributed by atoms with van der Waals surface area (Å²) in [5, 5.41) is 21.7. The Bertz CT molecular complexity index is 611. The van der Waals surface area contributed by atoms with E-state index in [1.54, 1.807) is 39.0 Å². The van der Waals surface area contributed by atoms with Crippen LogP contribution in [0.2, 0.25) is 0 Å². The Morgan fingerprint density at radius 1 is 1.17 bits per heavy atom. The minimum atomic E-state index is -1.15. The van der Waals surface area contributed by atoms with Gasteiger partial charge in [-0.25, -0.2) is 9.59 Å². The quantitative estimate of drug-likeness (QED) is 0.784. The molecule has 1 atom stereocenters. The first-order valence-electron chi connectivity index (χ1n) is 7.84. The third-order valence-corrected chi connectivity index (χ3v) is 3.30. The van der Waals surface area contributed by atoms with E-state index in [9.17, 15) is 19.8 Å². The van der Waals surface area contributed by atoms with Gasteiger partial charge in [0.25, 0.3) is 0 Å². The van der Waals surface area contributed by atoms with Crippen LogP contribution in [-0.2, 0) is 21.4 Å². The highest BCUT2D eigenvalue weighted by molar-refractivity contribution is 5.80. The summed E-state index contributed by atoms with van der Waals surface area (Å²) in [6.07, 6.45) is -0.678. The summed E-state index contributed by atoms with van der Waals surface area (Å²) >= 11 is 0. The van der Waals surface area contributed by atoms with Crippen molar-refractivity contribution in [1.82, 2.24) is 5.32 Å². The van der Waals surface area contributed by atoms with Crippen LogP contribution in [0.15, 0.2) is 18.2 Å². The molecular weight excluding hydrogens is 310 g/mol. The zero-order valence-corrected chi connectivity index (χ0v) is 15.1. The predicted octanol–water partition coefficient (Wildman–Crippen LogP) is 3.21. The number of alkyl carbamates (subject to hydrolysis) is 1. The Labute approximate surface area is 142 Å². The number of phenols is 1. The van der Waals surface area contributed by atoms with Gasteiger partial charge in [-0.15, -0.1) is 0 Å². The van der Waals surface area contributed by atoms with Crippen molar-refractivity contribution < 1.29 is 24.5 Å². The summed E-state index contributed by atoms with van der Waals surface area (Å²) in [5.41, 5.74) is 0.449. The summed E-state index contributed by atoms with van der Waals surface area (Å²) in [6.45, 7) is 11.0. The number of amides is 1. The molecule has 3 N–H and O–H groups in total. The topological polar surface area (TPSA) is 95.9 Å². The second-order valence-electron chi connectivity index (χ2n) is 7.84. The normalized spacial score (nSPS) is 13.2. The minimum absolute atomic E-state index is 0.0952. The third kappa shape index (κ3) is 6.10. The number of phenolic OH excluding ortho intramolecular Hbond substituents is 1. The first-order valence-corrected chi connectivity index (χ1v) is 7.84. The van der Waals surface area contributed by atoms with Crippen molar-refractivity contribution in [3.63, 3.8) is 0 Å². The molecule has 6 heteroatoms. The van der Waals surface area contributed by atoms with Gasteiger partial charge in [-0.3, -0.25) is 0 Å². The van der Waals surface area contributed by atoms with Gasteiger partial charge >= 0.3 is 12.1 Å². The maximum Gasteiger partial charge on any atom is 0.408 e. The maximum atomic E-state index is 11.8. The number of hydrogen-bond acceptors (Lipinski definition) is 4. The fourth-order valence-electron chi connectivity index (χ4n) is 2.20. The fraction of sp³-hybridized carbons (Fsp3) is 0.556. The SMILES string of the molecule is CC(C)(C)OC(=O)N[C@@H](Cc1ccc(O)c(C(C)(C)C)c1)C(=O)O. The van der Waals surface area contributed by atoms with Crippen LogP contribution in [0.3, 0.4) is 0 Å². The molecule has 24 heavy (non-hydrogen) atoms. The molecule has 1 rings (SSSR count). The van der Waals surface area contributed by atoms with Gasteiger partial charge < -0.3 is 20.3 Å². The number of benzene rings is 1. The Morgan fingerprint density at radius 3 is 2.21 bits per heavy atom. The van der Waals surface area contributed by atoms with Crippen LogP contribution >= 0.6 is 0 Å². The number of carboxylic acid groups (broad SMARTS) is 1. The number of ether oxygens (including phenoxy) is 1. The van der Waals surface area contributed by atoms with Crippen LogP contribution in [0.5, 0.6) is 5.75 Å². The second kappa shape index (κ2) is 7.11. The molecule has 0 spiro atoms. The minimum Gasteiger partial charge on any atom is -0.508 e. The lowest BCUT2D eigenvalue weighted by Gasteiger charge is -2.23. The second-order valence-corrected chi connectivity index (χ2v) is 7.84. The molecule has 0 saturated carbocycles. The Morgan fingerprint density at radius 2 is 1.75 bits per heavy atom. The smallest absolute Gasteiger partial charge is 0.408 e. The Kier molecular flexibility index (Phi) is 5.87. The van der Waals surface area contributed by atoms with Crippen LogP contribution in [0.4, 0.5) is 4.79 Å². The van der Waals surface area contributed by atoms with Gasteiger partial charge in [0.15, 0.2) is 0 Å². The Balaban J connectivity index is 2.94. The first kappa shape index (κ1) is 19.8. The molecule has 0 aliphatic rings. The van der Waals surface area contributed by atoms with Gasteiger partial charge in [0.05, 0.1) is 0 Å². The number of carbonyl (C=O) groups is 2. The zero-order valence-electron chi connectivity index (χ0n) is 15.1. The molecule has 0 saturated heterocycles. The van der Waals surface area contributed by atoms with Crippen molar-refractivity contribution in [1.29, 1.82) is 0 Å². The van der Waals surface area contributed by atoms with E-state index in [1.165, 1.54) is 0 Å². The molecule has 0 heterocycles. The van der Waals surface area contributed by atoms with Crippen molar-refractivity contribution >= 4 is 12.1 Å². The fourth-order valence-corrected chi connectivity index (χ4v) is 2.20.